The number of pyridine rings is 1. The molecule has 2 heterocycles. The first kappa shape index (κ1) is 12.9. The lowest BCUT2D eigenvalue weighted by Crippen LogP contribution is -2.36. The standard InChI is InChI=1S/C15H18N4O/c16-11-13-3-1-4-14(17-13)18-7-2-8-19(10-9-18)15(20)12-5-6-12/h1,3-4,12H,2,5-10H2. The molecule has 2 fully saturated rings. The van der Waals surface area contributed by atoms with Gasteiger partial charge >= 0.3 is 0 Å². The van der Waals surface area contributed by atoms with Gasteiger partial charge in [0.15, 0.2) is 0 Å². The second-order valence-electron chi connectivity index (χ2n) is 5.43. The third-order valence-electron chi connectivity index (χ3n) is 3.91. The molecule has 1 aromatic heterocycles. The van der Waals surface area contributed by atoms with Gasteiger partial charge in [0, 0.05) is 32.1 Å². The highest BCUT2D eigenvalue weighted by Gasteiger charge is 2.33. The highest BCUT2D eigenvalue weighted by molar-refractivity contribution is 5.81. The monoisotopic (exact) mass is 270 g/mol. The summed E-state index contributed by atoms with van der Waals surface area (Å²) in [5.74, 6) is 1.46. The van der Waals surface area contributed by atoms with Crippen LogP contribution in [-0.4, -0.2) is 42.0 Å². The van der Waals surface area contributed by atoms with Crippen molar-refractivity contribution in [1.82, 2.24) is 9.88 Å². The Morgan fingerprint density at radius 2 is 2.10 bits per heavy atom. The van der Waals surface area contributed by atoms with E-state index in [0.29, 0.717) is 17.5 Å². The summed E-state index contributed by atoms with van der Waals surface area (Å²) in [7, 11) is 0. The lowest BCUT2D eigenvalue weighted by atomic mass is 10.3. The van der Waals surface area contributed by atoms with Crippen molar-refractivity contribution in [3.05, 3.63) is 23.9 Å². The summed E-state index contributed by atoms with van der Waals surface area (Å²) < 4.78 is 0. The van der Waals surface area contributed by atoms with Gasteiger partial charge < -0.3 is 9.80 Å². The molecule has 104 valence electrons. The average molecular weight is 270 g/mol. The predicted octanol–water partition coefficient (Wildman–Crippen LogP) is 1.40. The third-order valence-corrected chi connectivity index (χ3v) is 3.91. The van der Waals surface area contributed by atoms with Crippen molar-refractivity contribution in [2.75, 3.05) is 31.1 Å². The van der Waals surface area contributed by atoms with Gasteiger partial charge in [0.05, 0.1) is 0 Å². The zero-order valence-electron chi connectivity index (χ0n) is 11.5. The third kappa shape index (κ3) is 2.74. The van der Waals surface area contributed by atoms with Gasteiger partial charge in [-0.15, -0.1) is 0 Å². The zero-order chi connectivity index (χ0) is 13.9. The topological polar surface area (TPSA) is 60.2 Å². The van der Waals surface area contributed by atoms with Crippen molar-refractivity contribution in [3.8, 4) is 6.07 Å². The molecule has 0 radical (unpaired) electrons. The predicted molar refractivity (Wildman–Crippen MR) is 75.1 cm³/mol. The van der Waals surface area contributed by atoms with E-state index in [4.69, 9.17) is 5.26 Å². The zero-order valence-corrected chi connectivity index (χ0v) is 11.5. The lowest BCUT2D eigenvalue weighted by molar-refractivity contribution is -0.132. The van der Waals surface area contributed by atoms with Crippen LogP contribution in [0.15, 0.2) is 18.2 Å². The number of carbonyl (C=O) groups is 1. The Kier molecular flexibility index (Phi) is 3.55. The molecule has 1 aliphatic heterocycles. The molecular weight excluding hydrogens is 252 g/mol. The highest BCUT2D eigenvalue weighted by atomic mass is 16.2. The van der Waals surface area contributed by atoms with E-state index in [0.717, 1.165) is 51.3 Å². The summed E-state index contributed by atoms with van der Waals surface area (Å²) in [5, 5.41) is 8.91. The molecule has 0 bridgehead atoms. The summed E-state index contributed by atoms with van der Waals surface area (Å²) >= 11 is 0. The number of aromatic nitrogens is 1. The van der Waals surface area contributed by atoms with Crippen LogP contribution in [0, 0.1) is 17.2 Å². The van der Waals surface area contributed by atoms with E-state index >= 15 is 0 Å². The van der Waals surface area contributed by atoms with E-state index in [1.807, 2.05) is 17.0 Å². The van der Waals surface area contributed by atoms with Gasteiger partial charge in [0.2, 0.25) is 5.91 Å². The van der Waals surface area contributed by atoms with E-state index in [9.17, 15) is 4.79 Å². The van der Waals surface area contributed by atoms with Gasteiger partial charge in [0.25, 0.3) is 0 Å². The minimum absolute atomic E-state index is 0.293. The molecule has 5 nitrogen and oxygen atoms in total. The van der Waals surface area contributed by atoms with Crippen molar-refractivity contribution in [3.63, 3.8) is 0 Å². The fraction of sp³-hybridized carbons (Fsp3) is 0.533. The molecule has 2 aliphatic rings. The van der Waals surface area contributed by atoms with E-state index in [1.54, 1.807) is 6.07 Å². The van der Waals surface area contributed by atoms with Crippen LogP contribution in [0.2, 0.25) is 0 Å². The van der Waals surface area contributed by atoms with Crippen LogP contribution in [0.1, 0.15) is 25.0 Å². The molecule has 0 unspecified atom stereocenters. The molecule has 5 heteroatoms. The number of rotatable bonds is 2. The average Bonchev–Trinajstić information content (AvgIpc) is 3.32. The second-order valence-corrected chi connectivity index (χ2v) is 5.43. The molecule has 0 N–H and O–H groups in total. The fourth-order valence-corrected chi connectivity index (χ4v) is 2.62. The smallest absolute Gasteiger partial charge is 0.225 e. The number of hydrogen-bond acceptors (Lipinski definition) is 4. The quantitative estimate of drug-likeness (QED) is 0.815. The van der Waals surface area contributed by atoms with E-state index in [1.165, 1.54) is 0 Å². The Hall–Kier alpha value is -2.09. The van der Waals surface area contributed by atoms with Gasteiger partial charge in [-0.1, -0.05) is 6.07 Å². The minimum atomic E-state index is 0.293. The summed E-state index contributed by atoms with van der Waals surface area (Å²) in [6.07, 6.45) is 3.08. The Morgan fingerprint density at radius 3 is 2.85 bits per heavy atom. The van der Waals surface area contributed by atoms with Gasteiger partial charge in [-0.25, -0.2) is 4.98 Å². The maximum absolute atomic E-state index is 12.1. The first-order valence-electron chi connectivity index (χ1n) is 7.19. The molecule has 20 heavy (non-hydrogen) atoms. The largest absolute Gasteiger partial charge is 0.355 e. The number of amides is 1. The fourth-order valence-electron chi connectivity index (χ4n) is 2.62. The Morgan fingerprint density at radius 1 is 1.25 bits per heavy atom. The summed E-state index contributed by atoms with van der Waals surface area (Å²) in [6, 6.07) is 7.57. The van der Waals surface area contributed by atoms with Crippen LogP contribution in [-0.2, 0) is 4.79 Å². The second kappa shape index (κ2) is 5.49. The SMILES string of the molecule is N#Cc1cccc(N2CCCN(C(=O)C3CC3)CC2)n1. The molecule has 0 atom stereocenters. The molecule has 0 aromatic carbocycles. The van der Waals surface area contributed by atoms with Crippen LogP contribution in [0.5, 0.6) is 0 Å². The van der Waals surface area contributed by atoms with Crippen molar-refractivity contribution >= 4 is 11.7 Å². The van der Waals surface area contributed by atoms with Gasteiger partial charge in [-0.05, 0) is 31.4 Å². The van der Waals surface area contributed by atoms with E-state index < -0.39 is 0 Å². The van der Waals surface area contributed by atoms with Crippen LogP contribution >= 0.6 is 0 Å². The lowest BCUT2D eigenvalue weighted by Gasteiger charge is -2.23. The van der Waals surface area contributed by atoms with Crippen molar-refractivity contribution in [1.29, 1.82) is 5.26 Å². The molecular formula is C15H18N4O. The number of nitrogens with zero attached hydrogens (tertiary/aromatic N) is 4. The molecule has 3 rings (SSSR count). The Balaban J connectivity index is 1.67. The van der Waals surface area contributed by atoms with Crippen LogP contribution in [0.25, 0.3) is 0 Å². The maximum atomic E-state index is 12.1. The summed E-state index contributed by atoms with van der Waals surface area (Å²) in [4.78, 5) is 20.6. The van der Waals surface area contributed by atoms with E-state index in [-0.39, 0.29) is 0 Å². The molecule has 1 saturated carbocycles. The Labute approximate surface area is 118 Å². The summed E-state index contributed by atoms with van der Waals surface area (Å²) in [5.41, 5.74) is 0.442. The molecule has 0 spiro atoms. The first-order chi connectivity index (χ1) is 9.78. The molecule has 1 aromatic rings. The van der Waals surface area contributed by atoms with Crippen LogP contribution in [0.3, 0.4) is 0 Å². The molecule has 1 saturated heterocycles. The minimum Gasteiger partial charge on any atom is -0.355 e. The number of anilines is 1. The number of nitriles is 1. The van der Waals surface area contributed by atoms with Gasteiger partial charge in [-0.2, -0.15) is 5.26 Å². The van der Waals surface area contributed by atoms with Gasteiger partial charge in [0.1, 0.15) is 17.6 Å². The normalized spacial score (nSPS) is 19.4. The number of carbonyl (C=O) groups excluding carboxylic acids is 1. The van der Waals surface area contributed by atoms with E-state index in [2.05, 4.69) is 16.0 Å². The van der Waals surface area contributed by atoms with Crippen molar-refractivity contribution < 1.29 is 4.79 Å². The maximum Gasteiger partial charge on any atom is 0.225 e. The first-order valence-corrected chi connectivity index (χ1v) is 7.19. The molecule has 1 amide bonds. The molecule has 1 aliphatic carbocycles. The summed E-state index contributed by atoms with van der Waals surface area (Å²) in [6.45, 7) is 3.27. The van der Waals surface area contributed by atoms with Crippen molar-refractivity contribution in [2.45, 2.75) is 19.3 Å². The van der Waals surface area contributed by atoms with Crippen LogP contribution < -0.4 is 4.90 Å². The number of hydrogen-bond donors (Lipinski definition) is 0. The highest BCUT2D eigenvalue weighted by Crippen LogP contribution is 2.31. The van der Waals surface area contributed by atoms with Crippen molar-refractivity contribution in [2.24, 2.45) is 5.92 Å². The van der Waals surface area contributed by atoms with Gasteiger partial charge in [-0.3, -0.25) is 4.79 Å². The van der Waals surface area contributed by atoms with Crippen LogP contribution in [0.4, 0.5) is 5.82 Å². The Bertz CT molecular complexity index is 547.